The van der Waals surface area contributed by atoms with Gasteiger partial charge < -0.3 is 5.32 Å². The average Bonchev–Trinajstić information content (AvgIpc) is 2.30. The zero-order valence-corrected chi connectivity index (χ0v) is 11.7. The number of rotatable bonds is 3. The lowest BCUT2D eigenvalue weighted by molar-refractivity contribution is 0.0751. The van der Waals surface area contributed by atoms with E-state index >= 15 is 0 Å². The van der Waals surface area contributed by atoms with E-state index in [-0.39, 0.29) is 5.54 Å². The van der Waals surface area contributed by atoms with Gasteiger partial charge in [0.25, 0.3) is 0 Å². The van der Waals surface area contributed by atoms with E-state index in [1.54, 1.807) is 0 Å². The molecule has 1 aliphatic carbocycles. The summed E-state index contributed by atoms with van der Waals surface area (Å²) in [6.45, 7) is 10.6. The summed E-state index contributed by atoms with van der Waals surface area (Å²) < 4.78 is 0. The van der Waals surface area contributed by atoms with Crippen LogP contribution in [-0.2, 0) is 0 Å². The van der Waals surface area contributed by atoms with Crippen LogP contribution in [0.1, 0.15) is 46.5 Å². The van der Waals surface area contributed by atoms with Crippen LogP contribution in [0.25, 0.3) is 0 Å². The predicted octanol–water partition coefficient (Wildman–Crippen LogP) is 2.81. The first kappa shape index (κ1) is 13.1. The molecule has 0 radical (unpaired) electrons. The van der Waals surface area contributed by atoms with E-state index in [1.807, 2.05) is 0 Å². The summed E-state index contributed by atoms with van der Waals surface area (Å²) in [7, 11) is 0. The Morgan fingerprint density at radius 1 is 1.35 bits per heavy atom. The van der Waals surface area contributed by atoms with Gasteiger partial charge in [-0.3, -0.25) is 4.90 Å². The first-order valence-corrected chi connectivity index (χ1v) is 7.25. The van der Waals surface area contributed by atoms with Crippen LogP contribution in [0.2, 0.25) is 0 Å². The molecule has 98 valence electrons. The molecule has 2 unspecified atom stereocenters. The predicted molar refractivity (Wildman–Crippen MR) is 74.2 cm³/mol. The zero-order chi connectivity index (χ0) is 12.3. The fourth-order valence-corrected chi connectivity index (χ4v) is 3.19. The van der Waals surface area contributed by atoms with Crippen molar-refractivity contribution in [3.63, 3.8) is 0 Å². The average molecular weight is 236 g/mol. The van der Waals surface area contributed by atoms with E-state index < -0.39 is 0 Å². The third kappa shape index (κ3) is 3.56. The van der Waals surface area contributed by atoms with Gasteiger partial charge in [-0.1, -0.05) is 19.1 Å². The fraction of sp³-hybridized carbons (Fsp3) is 0.867. The van der Waals surface area contributed by atoms with E-state index in [4.69, 9.17) is 0 Å². The molecule has 1 heterocycles. The summed E-state index contributed by atoms with van der Waals surface area (Å²) in [6.07, 6.45) is 9.96. The smallest absolute Gasteiger partial charge is 0.0252 e. The van der Waals surface area contributed by atoms with Crippen molar-refractivity contribution in [2.24, 2.45) is 5.92 Å². The first-order valence-electron chi connectivity index (χ1n) is 7.25. The van der Waals surface area contributed by atoms with E-state index in [0.717, 1.165) is 18.5 Å². The molecular weight excluding hydrogens is 208 g/mol. The van der Waals surface area contributed by atoms with Crippen molar-refractivity contribution < 1.29 is 0 Å². The first-order chi connectivity index (χ1) is 8.11. The van der Waals surface area contributed by atoms with Crippen LogP contribution >= 0.6 is 0 Å². The van der Waals surface area contributed by atoms with Crippen molar-refractivity contribution in [2.45, 2.75) is 58.0 Å². The highest BCUT2D eigenvalue weighted by atomic mass is 15.2. The molecule has 1 saturated heterocycles. The molecule has 0 spiro atoms. The molecule has 2 atom stereocenters. The number of nitrogens with one attached hydrogen (secondary N) is 1. The third-order valence-electron chi connectivity index (χ3n) is 4.27. The quantitative estimate of drug-likeness (QED) is 0.758. The van der Waals surface area contributed by atoms with Crippen molar-refractivity contribution in [3.8, 4) is 0 Å². The molecule has 2 rings (SSSR count). The highest BCUT2D eigenvalue weighted by Gasteiger charge is 2.32. The van der Waals surface area contributed by atoms with Gasteiger partial charge in [0.05, 0.1) is 0 Å². The van der Waals surface area contributed by atoms with Crippen molar-refractivity contribution in [3.05, 3.63) is 12.2 Å². The number of piperazine rings is 1. The Bertz CT molecular complexity index is 270. The van der Waals surface area contributed by atoms with Gasteiger partial charge >= 0.3 is 0 Å². The van der Waals surface area contributed by atoms with Crippen LogP contribution in [0.5, 0.6) is 0 Å². The molecular formula is C15H28N2. The summed E-state index contributed by atoms with van der Waals surface area (Å²) in [5, 5.41) is 3.67. The number of allylic oxidation sites excluding steroid dienone is 2. The van der Waals surface area contributed by atoms with Gasteiger partial charge in [0, 0.05) is 31.2 Å². The molecule has 1 fully saturated rings. The lowest BCUT2D eigenvalue weighted by Gasteiger charge is -2.45. The maximum Gasteiger partial charge on any atom is 0.0252 e. The van der Waals surface area contributed by atoms with E-state index in [0.29, 0.717) is 0 Å². The van der Waals surface area contributed by atoms with Crippen molar-refractivity contribution in [1.29, 1.82) is 0 Å². The minimum Gasteiger partial charge on any atom is -0.309 e. The molecule has 1 N–H and O–H groups in total. The Balaban J connectivity index is 1.93. The molecule has 0 aromatic heterocycles. The maximum absolute atomic E-state index is 3.67. The highest BCUT2D eigenvalue weighted by molar-refractivity contribution is 4.95. The molecule has 2 heteroatoms. The van der Waals surface area contributed by atoms with Gasteiger partial charge in [-0.2, -0.15) is 0 Å². The molecule has 17 heavy (non-hydrogen) atoms. The number of hydrogen-bond acceptors (Lipinski definition) is 2. The second-order valence-corrected chi connectivity index (χ2v) is 6.41. The van der Waals surface area contributed by atoms with E-state index in [9.17, 15) is 0 Å². The largest absolute Gasteiger partial charge is 0.309 e. The highest BCUT2D eigenvalue weighted by Crippen LogP contribution is 2.24. The Morgan fingerprint density at radius 2 is 2.18 bits per heavy atom. The Kier molecular flexibility index (Phi) is 4.26. The molecule has 2 nitrogen and oxygen atoms in total. The lowest BCUT2D eigenvalue weighted by Crippen LogP contribution is -2.62. The summed E-state index contributed by atoms with van der Waals surface area (Å²) in [4.78, 5) is 2.74. The second-order valence-electron chi connectivity index (χ2n) is 6.41. The van der Waals surface area contributed by atoms with Crippen LogP contribution in [0.4, 0.5) is 0 Å². The summed E-state index contributed by atoms with van der Waals surface area (Å²) >= 11 is 0. The Morgan fingerprint density at radius 3 is 2.82 bits per heavy atom. The number of nitrogens with zero attached hydrogens (tertiary/aromatic N) is 1. The minimum absolute atomic E-state index is 0.288. The summed E-state index contributed by atoms with van der Waals surface area (Å²) in [5.41, 5.74) is 0.288. The van der Waals surface area contributed by atoms with Crippen LogP contribution in [0.3, 0.4) is 0 Å². The minimum atomic E-state index is 0.288. The SMILES string of the molecule is CCC1CNC(C)(C)CN1CC1CC=CCC1. The maximum atomic E-state index is 3.67. The topological polar surface area (TPSA) is 15.3 Å². The Hall–Kier alpha value is -0.340. The molecule has 0 aromatic carbocycles. The third-order valence-corrected chi connectivity index (χ3v) is 4.27. The van der Waals surface area contributed by atoms with E-state index in [2.05, 4.69) is 43.1 Å². The van der Waals surface area contributed by atoms with Crippen molar-refractivity contribution in [2.75, 3.05) is 19.6 Å². The molecule has 2 aliphatic rings. The van der Waals surface area contributed by atoms with Crippen molar-refractivity contribution in [1.82, 2.24) is 10.2 Å². The van der Waals surface area contributed by atoms with Gasteiger partial charge in [-0.15, -0.1) is 0 Å². The Labute approximate surface area is 106 Å². The lowest BCUT2D eigenvalue weighted by atomic mass is 9.91. The molecule has 0 aromatic rings. The van der Waals surface area contributed by atoms with Crippen LogP contribution in [0.15, 0.2) is 12.2 Å². The molecule has 0 amide bonds. The van der Waals surface area contributed by atoms with Crippen LogP contribution in [-0.4, -0.2) is 36.1 Å². The fourth-order valence-electron chi connectivity index (χ4n) is 3.19. The molecule has 0 bridgehead atoms. The van der Waals surface area contributed by atoms with Crippen LogP contribution < -0.4 is 5.32 Å². The summed E-state index contributed by atoms with van der Waals surface area (Å²) in [5.74, 6) is 0.892. The van der Waals surface area contributed by atoms with Gasteiger partial charge in [0.15, 0.2) is 0 Å². The summed E-state index contributed by atoms with van der Waals surface area (Å²) in [6, 6.07) is 0.744. The zero-order valence-electron chi connectivity index (χ0n) is 11.7. The standard InChI is InChI=1S/C15H28N2/c1-4-14-10-16-15(2,3)12-17(14)11-13-8-6-5-7-9-13/h5-6,13-14,16H,4,7-12H2,1-3H3. The number of hydrogen-bond donors (Lipinski definition) is 1. The van der Waals surface area contributed by atoms with E-state index in [1.165, 1.54) is 38.8 Å². The van der Waals surface area contributed by atoms with Crippen molar-refractivity contribution >= 4 is 0 Å². The molecule has 0 saturated carbocycles. The normalized spacial score (nSPS) is 33.8. The van der Waals surface area contributed by atoms with Gasteiger partial charge in [0.1, 0.15) is 0 Å². The van der Waals surface area contributed by atoms with Crippen LogP contribution in [0, 0.1) is 5.92 Å². The van der Waals surface area contributed by atoms with Gasteiger partial charge in [0.2, 0.25) is 0 Å². The van der Waals surface area contributed by atoms with Gasteiger partial charge in [-0.05, 0) is 45.4 Å². The van der Waals surface area contributed by atoms with Gasteiger partial charge in [-0.25, -0.2) is 0 Å². The second kappa shape index (κ2) is 5.53. The monoisotopic (exact) mass is 236 g/mol. The molecule has 1 aliphatic heterocycles.